The van der Waals surface area contributed by atoms with E-state index in [0.29, 0.717) is 12.3 Å². The minimum absolute atomic E-state index is 0.221. The van der Waals surface area contributed by atoms with Crippen molar-refractivity contribution in [2.45, 2.75) is 38.2 Å². The third-order valence-corrected chi connectivity index (χ3v) is 3.35. The van der Waals surface area contributed by atoms with Gasteiger partial charge in [-0.2, -0.15) is 0 Å². The van der Waals surface area contributed by atoms with Crippen LogP contribution >= 0.6 is 0 Å². The highest BCUT2D eigenvalue weighted by Gasteiger charge is 2.42. The molecule has 1 aromatic rings. The van der Waals surface area contributed by atoms with Gasteiger partial charge in [-0.3, -0.25) is 0 Å². The lowest BCUT2D eigenvalue weighted by atomic mass is 9.87. The fourth-order valence-corrected chi connectivity index (χ4v) is 2.18. The van der Waals surface area contributed by atoms with Crippen molar-refractivity contribution in [3.8, 4) is 0 Å². The molecule has 2 heteroatoms. The summed E-state index contributed by atoms with van der Waals surface area (Å²) in [6, 6.07) is 6.54. The van der Waals surface area contributed by atoms with E-state index in [1.807, 2.05) is 13.0 Å². The zero-order valence-electron chi connectivity index (χ0n) is 9.04. The summed E-state index contributed by atoms with van der Waals surface area (Å²) in [5, 5.41) is 10.4. The van der Waals surface area contributed by atoms with Crippen molar-refractivity contribution in [1.29, 1.82) is 0 Å². The SMILES string of the molecule is CCC(O)(Cc1cccc(F)c1)C1CC1. The highest BCUT2D eigenvalue weighted by molar-refractivity contribution is 5.19. The van der Waals surface area contributed by atoms with E-state index in [9.17, 15) is 9.50 Å². The van der Waals surface area contributed by atoms with Gasteiger partial charge in [-0.15, -0.1) is 0 Å². The Balaban J connectivity index is 2.12. The van der Waals surface area contributed by atoms with Crippen LogP contribution in [0.1, 0.15) is 31.7 Å². The Hall–Kier alpha value is -0.890. The summed E-state index contributed by atoms with van der Waals surface area (Å²) in [4.78, 5) is 0. The first-order valence-electron chi connectivity index (χ1n) is 5.61. The number of rotatable bonds is 4. The van der Waals surface area contributed by atoms with Crippen LogP contribution in [0.2, 0.25) is 0 Å². The first-order chi connectivity index (χ1) is 7.14. The molecule has 0 saturated heterocycles. The van der Waals surface area contributed by atoms with Gasteiger partial charge in [-0.1, -0.05) is 19.1 Å². The van der Waals surface area contributed by atoms with E-state index in [0.717, 1.165) is 24.8 Å². The van der Waals surface area contributed by atoms with Crippen LogP contribution in [0.15, 0.2) is 24.3 Å². The van der Waals surface area contributed by atoms with Gasteiger partial charge >= 0.3 is 0 Å². The summed E-state index contributed by atoms with van der Waals surface area (Å²) < 4.78 is 13.0. The van der Waals surface area contributed by atoms with Crippen molar-refractivity contribution in [3.63, 3.8) is 0 Å². The second kappa shape index (κ2) is 3.93. The van der Waals surface area contributed by atoms with E-state index in [-0.39, 0.29) is 5.82 Å². The molecule has 15 heavy (non-hydrogen) atoms. The number of benzene rings is 1. The maximum absolute atomic E-state index is 13.0. The van der Waals surface area contributed by atoms with E-state index < -0.39 is 5.60 Å². The van der Waals surface area contributed by atoms with E-state index >= 15 is 0 Å². The first kappa shape index (κ1) is 10.6. The van der Waals surface area contributed by atoms with Gasteiger partial charge in [0.25, 0.3) is 0 Å². The third kappa shape index (κ3) is 2.37. The molecule has 0 aliphatic heterocycles. The lowest BCUT2D eigenvalue weighted by molar-refractivity contribution is 0.0138. The molecule has 1 nitrogen and oxygen atoms in total. The summed E-state index contributed by atoms with van der Waals surface area (Å²) in [5.74, 6) is 0.201. The average Bonchev–Trinajstić information content (AvgIpc) is 3.01. The molecule has 1 N–H and O–H groups in total. The Morgan fingerprint density at radius 1 is 1.47 bits per heavy atom. The maximum atomic E-state index is 13.0. The lowest BCUT2D eigenvalue weighted by Gasteiger charge is -2.26. The molecule has 2 rings (SSSR count). The van der Waals surface area contributed by atoms with Gasteiger partial charge in [0.2, 0.25) is 0 Å². The molecule has 1 saturated carbocycles. The molecular weight excluding hydrogens is 191 g/mol. The zero-order valence-corrected chi connectivity index (χ0v) is 9.04. The topological polar surface area (TPSA) is 20.2 Å². The monoisotopic (exact) mass is 208 g/mol. The van der Waals surface area contributed by atoms with Crippen molar-refractivity contribution in [1.82, 2.24) is 0 Å². The molecule has 0 radical (unpaired) electrons. The Morgan fingerprint density at radius 2 is 2.20 bits per heavy atom. The number of hydrogen-bond donors (Lipinski definition) is 1. The van der Waals surface area contributed by atoms with E-state index in [2.05, 4.69) is 0 Å². The molecule has 0 amide bonds. The molecule has 1 aliphatic rings. The van der Waals surface area contributed by atoms with Gasteiger partial charge in [0.05, 0.1) is 5.60 Å². The predicted octanol–water partition coefficient (Wildman–Crippen LogP) is 2.92. The molecule has 0 heterocycles. The van der Waals surface area contributed by atoms with Crippen molar-refractivity contribution in [2.24, 2.45) is 5.92 Å². The van der Waals surface area contributed by atoms with Gasteiger partial charge in [-0.05, 0) is 42.9 Å². The predicted molar refractivity (Wildman–Crippen MR) is 58.1 cm³/mol. The molecule has 1 aliphatic carbocycles. The van der Waals surface area contributed by atoms with Crippen molar-refractivity contribution in [3.05, 3.63) is 35.6 Å². The summed E-state index contributed by atoms with van der Waals surface area (Å²) >= 11 is 0. The second-order valence-corrected chi connectivity index (χ2v) is 4.54. The summed E-state index contributed by atoms with van der Waals surface area (Å²) in [6.07, 6.45) is 3.54. The molecule has 1 aromatic carbocycles. The standard InChI is InChI=1S/C13H17FO/c1-2-13(15,11-6-7-11)9-10-4-3-5-12(14)8-10/h3-5,8,11,15H,2,6-7,9H2,1H3. The van der Waals surface area contributed by atoms with Crippen LogP contribution in [0.4, 0.5) is 4.39 Å². The lowest BCUT2D eigenvalue weighted by Crippen LogP contribution is -2.33. The van der Waals surface area contributed by atoms with E-state index in [1.165, 1.54) is 12.1 Å². The highest BCUT2D eigenvalue weighted by atomic mass is 19.1. The van der Waals surface area contributed by atoms with Gasteiger partial charge in [0.15, 0.2) is 0 Å². The summed E-state index contributed by atoms with van der Waals surface area (Å²) in [5.41, 5.74) is 0.277. The minimum atomic E-state index is -0.617. The molecule has 1 fully saturated rings. The van der Waals surface area contributed by atoms with Crippen LogP contribution in [-0.2, 0) is 6.42 Å². The minimum Gasteiger partial charge on any atom is -0.389 e. The van der Waals surface area contributed by atoms with Gasteiger partial charge < -0.3 is 5.11 Å². The number of hydrogen-bond acceptors (Lipinski definition) is 1. The van der Waals surface area contributed by atoms with Crippen molar-refractivity contribution >= 4 is 0 Å². The number of aliphatic hydroxyl groups is 1. The fourth-order valence-electron chi connectivity index (χ4n) is 2.18. The number of halogens is 1. The first-order valence-corrected chi connectivity index (χ1v) is 5.61. The Bertz CT molecular complexity index is 346. The Kier molecular flexibility index (Phi) is 2.79. The van der Waals surface area contributed by atoms with Crippen LogP contribution in [0, 0.1) is 11.7 Å². The molecule has 82 valence electrons. The normalized spacial score (nSPS) is 19.9. The van der Waals surface area contributed by atoms with Crippen LogP contribution in [0.3, 0.4) is 0 Å². The quantitative estimate of drug-likeness (QED) is 0.806. The van der Waals surface area contributed by atoms with E-state index in [1.54, 1.807) is 6.07 Å². The van der Waals surface area contributed by atoms with Gasteiger partial charge in [0.1, 0.15) is 5.82 Å². The molecular formula is C13H17FO. The highest BCUT2D eigenvalue weighted by Crippen LogP contribution is 2.43. The van der Waals surface area contributed by atoms with E-state index in [4.69, 9.17) is 0 Å². The van der Waals surface area contributed by atoms with Crippen molar-refractivity contribution < 1.29 is 9.50 Å². The molecule has 1 atom stereocenters. The van der Waals surface area contributed by atoms with Gasteiger partial charge in [0, 0.05) is 6.42 Å². The summed E-state index contributed by atoms with van der Waals surface area (Å²) in [7, 11) is 0. The Morgan fingerprint density at radius 3 is 2.73 bits per heavy atom. The molecule has 0 aromatic heterocycles. The summed E-state index contributed by atoms with van der Waals surface area (Å²) in [6.45, 7) is 2.00. The van der Waals surface area contributed by atoms with Crippen LogP contribution in [0.25, 0.3) is 0 Å². The smallest absolute Gasteiger partial charge is 0.123 e. The second-order valence-electron chi connectivity index (χ2n) is 4.54. The maximum Gasteiger partial charge on any atom is 0.123 e. The fraction of sp³-hybridized carbons (Fsp3) is 0.538. The van der Waals surface area contributed by atoms with Gasteiger partial charge in [-0.25, -0.2) is 4.39 Å². The molecule has 0 bridgehead atoms. The van der Waals surface area contributed by atoms with Crippen LogP contribution in [-0.4, -0.2) is 10.7 Å². The Labute approximate surface area is 89.9 Å². The average molecular weight is 208 g/mol. The molecule has 0 spiro atoms. The third-order valence-electron chi connectivity index (χ3n) is 3.35. The van der Waals surface area contributed by atoms with Crippen LogP contribution < -0.4 is 0 Å². The largest absolute Gasteiger partial charge is 0.389 e. The molecule has 1 unspecified atom stereocenters. The zero-order chi connectivity index (χ0) is 10.9. The van der Waals surface area contributed by atoms with Crippen molar-refractivity contribution in [2.75, 3.05) is 0 Å². The van der Waals surface area contributed by atoms with Crippen LogP contribution in [0.5, 0.6) is 0 Å².